The molecule has 1 rings (SSSR count). The highest BCUT2D eigenvalue weighted by Crippen LogP contribution is 2.30. The average molecular weight is 327 g/mol. The molecule has 4 nitrogen and oxygen atoms in total. The number of hydrogen-bond acceptors (Lipinski definition) is 3. The van der Waals surface area contributed by atoms with Crippen LogP contribution < -0.4 is 5.32 Å². The molecule has 1 amide bonds. The van der Waals surface area contributed by atoms with Gasteiger partial charge in [0.25, 0.3) is 0 Å². The lowest BCUT2D eigenvalue weighted by Gasteiger charge is -2.28. The molecule has 21 heavy (non-hydrogen) atoms. The minimum Gasteiger partial charge on any atom is -0.344 e. The summed E-state index contributed by atoms with van der Waals surface area (Å²) in [6.07, 6.45) is -3.67. The SMILES string of the molecule is CC(C)(C)CC(NC(=O)CC1C=CS(=O)(=O)C1)C(F)(F)F. The Labute approximate surface area is 122 Å². The number of sulfone groups is 1. The number of halogens is 3. The first-order valence-corrected chi connectivity index (χ1v) is 8.27. The lowest BCUT2D eigenvalue weighted by Crippen LogP contribution is -2.47. The molecule has 0 aromatic heterocycles. The van der Waals surface area contributed by atoms with Crippen molar-refractivity contribution in [2.75, 3.05) is 5.75 Å². The Hall–Kier alpha value is -1.05. The second-order valence-corrected chi connectivity index (χ2v) is 8.48. The largest absolute Gasteiger partial charge is 0.408 e. The molecule has 1 heterocycles. The molecule has 1 aliphatic rings. The molecule has 0 fully saturated rings. The fourth-order valence-corrected chi connectivity index (χ4v) is 3.52. The van der Waals surface area contributed by atoms with Crippen molar-refractivity contribution in [1.29, 1.82) is 0 Å². The van der Waals surface area contributed by atoms with Gasteiger partial charge in [0, 0.05) is 17.7 Å². The third kappa shape index (κ3) is 6.50. The lowest BCUT2D eigenvalue weighted by molar-refractivity contribution is -0.167. The van der Waals surface area contributed by atoms with E-state index in [4.69, 9.17) is 0 Å². The summed E-state index contributed by atoms with van der Waals surface area (Å²) < 4.78 is 61.2. The molecule has 0 aromatic rings. The molecule has 2 atom stereocenters. The van der Waals surface area contributed by atoms with E-state index in [1.54, 1.807) is 20.8 Å². The first kappa shape index (κ1) is 18.0. The second kappa shape index (κ2) is 5.98. The molecule has 0 saturated heterocycles. The Bertz CT molecular complexity index is 518. The molecule has 0 radical (unpaired) electrons. The van der Waals surface area contributed by atoms with Crippen LogP contribution in [0.3, 0.4) is 0 Å². The van der Waals surface area contributed by atoms with Crippen LogP contribution >= 0.6 is 0 Å². The summed E-state index contributed by atoms with van der Waals surface area (Å²) in [7, 11) is -3.31. The summed E-state index contributed by atoms with van der Waals surface area (Å²) in [5, 5.41) is 2.98. The molecule has 1 N–H and O–H groups in total. The molecule has 0 bridgehead atoms. The number of alkyl halides is 3. The van der Waals surface area contributed by atoms with Gasteiger partial charge in [-0.15, -0.1) is 0 Å². The predicted molar refractivity (Wildman–Crippen MR) is 73.1 cm³/mol. The molecular weight excluding hydrogens is 307 g/mol. The number of allylic oxidation sites excluding steroid dienone is 1. The Morgan fingerprint density at radius 3 is 2.29 bits per heavy atom. The van der Waals surface area contributed by atoms with Gasteiger partial charge in [0.2, 0.25) is 5.91 Å². The first-order valence-electron chi connectivity index (χ1n) is 6.55. The highest BCUT2D eigenvalue weighted by molar-refractivity contribution is 7.94. The maximum Gasteiger partial charge on any atom is 0.408 e. The van der Waals surface area contributed by atoms with Gasteiger partial charge < -0.3 is 5.32 Å². The van der Waals surface area contributed by atoms with Crippen LogP contribution in [0.25, 0.3) is 0 Å². The molecule has 0 aromatic carbocycles. The van der Waals surface area contributed by atoms with E-state index in [-0.39, 0.29) is 18.6 Å². The van der Waals surface area contributed by atoms with E-state index < -0.39 is 39.3 Å². The zero-order valence-electron chi connectivity index (χ0n) is 12.2. The Morgan fingerprint density at radius 1 is 1.33 bits per heavy atom. The number of carbonyl (C=O) groups is 1. The monoisotopic (exact) mass is 327 g/mol. The normalized spacial score (nSPS) is 23.0. The fourth-order valence-electron chi connectivity index (χ4n) is 2.12. The van der Waals surface area contributed by atoms with Crippen molar-refractivity contribution in [2.24, 2.45) is 11.3 Å². The van der Waals surface area contributed by atoms with Crippen LogP contribution in [-0.2, 0) is 14.6 Å². The highest BCUT2D eigenvalue weighted by atomic mass is 32.2. The molecule has 0 aliphatic carbocycles. The van der Waals surface area contributed by atoms with Gasteiger partial charge in [-0.2, -0.15) is 13.2 Å². The Kier molecular flexibility index (Phi) is 5.13. The quantitative estimate of drug-likeness (QED) is 0.862. The zero-order chi connectivity index (χ0) is 16.5. The van der Waals surface area contributed by atoms with E-state index in [1.807, 2.05) is 5.32 Å². The first-order chi connectivity index (χ1) is 9.28. The third-order valence-corrected chi connectivity index (χ3v) is 4.46. The smallest absolute Gasteiger partial charge is 0.344 e. The molecular formula is C13H20F3NO3S. The topological polar surface area (TPSA) is 63.2 Å². The van der Waals surface area contributed by atoms with Crippen molar-refractivity contribution < 1.29 is 26.4 Å². The standard InChI is InChI=1S/C13H20F3NO3S/c1-12(2,3)7-10(13(14,15)16)17-11(18)6-9-4-5-21(19,20)8-9/h4-5,9-10H,6-8H2,1-3H3,(H,17,18). The molecule has 0 saturated carbocycles. The number of amides is 1. The summed E-state index contributed by atoms with van der Waals surface area (Å²) in [5.74, 6) is -1.57. The van der Waals surface area contributed by atoms with E-state index in [0.717, 1.165) is 5.41 Å². The summed E-state index contributed by atoms with van der Waals surface area (Å²) in [6, 6.07) is -1.92. The minimum atomic E-state index is -4.53. The maximum absolute atomic E-state index is 12.9. The Balaban J connectivity index is 2.63. The van der Waals surface area contributed by atoms with Crippen LogP contribution in [0.5, 0.6) is 0 Å². The van der Waals surface area contributed by atoms with Gasteiger partial charge in [0.15, 0.2) is 9.84 Å². The van der Waals surface area contributed by atoms with Gasteiger partial charge in [0.05, 0.1) is 5.75 Å². The van der Waals surface area contributed by atoms with Crippen molar-refractivity contribution in [3.8, 4) is 0 Å². The zero-order valence-corrected chi connectivity index (χ0v) is 13.0. The molecule has 122 valence electrons. The number of carbonyl (C=O) groups excluding carboxylic acids is 1. The van der Waals surface area contributed by atoms with Crippen LogP contribution in [0.2, 0.25) is 0 Å². The predicted octanol–water partition coefficient (Wildman–Crippen LogP) is 2.42. The summed E-state index contributed by atoms with van der Waals surface area (Å²) in [6.45, 7) is 4.97. The summed E-state index contributed by atoms with van der Waals surface area (Å²) >= 11 is 0. The van der Waals surface area contributed by atoms with E-state index in [9.17, 15) is 26.4 Å². The fraction of sp³-hybridized carbons (Fsp3) is 0.769. The molecule has 8 heteroatoms. The molecule has 0 spiro atoms. The second-order valence-electron chi connectivity index (χ2n) is 6.55. The van der Waals surface area contributed by atoms with E-state index in [2.05, 4.69) is 0 Å². The minimum absolute atomic E-state index is 0.226. The maximum atomic E-state index is 12.9. The third-order valence-electron chi connectivity index (χ3n) is 3.00. The van der Waals surface area contributed by atoms with E-state index >= 15 is 0 Å². The van der Waals surface area contributed by atoms with Crippen LogP contribution in [0.4, 0.5) is 13.2 Å². The van der Waals surface area contributed by atoms with Crippen LogP contribution in [0, 0.1) is 11.3 Å². The van der Waals surface area contributed by atoms with Crippen LogP contribution in [-0.4, -0.2) is 32.3 Å². The van der Waals surface area contributed by atoms with Crippen molar-refractivity contribution in [2.45, 2.75) is 45.8 Å². The van der Waals surface area contributed by atoms with Gasteiger partial charge in [-0.1, -0.05) is 26.8 Å². The average Bonchev–Trinajstić information content (AvgIpc) is 2.53. The van der Waals surface area contributed by atoms with E-state index in [0.29, 0.717) is 0 Å². The molecule has 2 unspecified atom stereocenters. The van der Waals surface area contributed by atoms with Gasteiger partial charge in [0.1, 0.15) is 6.04 Å². The van der Waals surface area contributed by atoms with Gasteiger partial charge in [-0.25, -0.2) is 8.42 Å². The van der Waals surface area contributed by atoms with Crippen molar-refractivity contribution in [1.82, 2.24) is 5.32 Å². The number of hydrogen-bond donors (Lipinski definition) is 1. The number of nitrogens with one attached hydrogen (secondary N) is 1. The van der Waals surface area contributed by atoms with Gasteiger partial charge in [-0.3, -0.25) is 4.79 Å². The van der Waals surface area contributed by atoms with Crippen molar-refractivity contribution in [3.63, 3.8) is 0 Å². The van der Waals surface area contributed by atoms with Crippen molar-refractivity contribution in [3.05, 3.63) is 11.5 Å². The van der Waals surface area contributed by atoms with Gasteiger partial charge in [-0.05, 0) is 11.8 Å². The Morgan fingerprint density at radius 2 is 1.90 bits per heavy atom. The van der Waals surface area contributed by atoms with Crippen molar-refractivity contribution >= 4 is 15.7 Å². The van der Waals surface area contributed by atoms with Crippen LogP contribution in [0.1, 0.15) is 33.6 Å². The van der Waals surface area contributed by atoms with Gasteiger partial charge >= 0.3 is 6.18 Å². The molecule has 1 aliphatic heterocycles. The lowest BCUT2D eigenvalue weighted by atomic mass is 9.87. The van der Waals surface area contributed by atoms with E-state index in [1.165, 1.54) is 6.08 Å². The number of rotatable bonds is 4. The summed E-state index contributed by atoms with van der Waals surface area (Å²) in [4.78, 5) is 11.7. The van der Waals surface area contributed by atoms with Crippen LogP contribution in [0.15, 0.2) is 11.5 Å². The highest BCUT2D eigenvalue weighted by Gasteiger charge is 2.42. The summed E-state index contributed by atoms with van der Waals surface area (Å²) in [5.41, 5.74) is -0.593.